The summed E-state index contributed by atoms with van der Waals surface area (Å²) in [6.07, 6.45) is 3.93. The third-order valence-corrected chi connectivity index (χ3v) is 4.43. The highest BCUT2D eigenvalue weighted by molar-refractivity contribution is 7.89. The second-order valence-electron chi connectivity index (χ2n) is 4.31. The number of anilines is 1. The topological polar surface area (TPSA) is 58.2 Å². The van der Waals surface area contributed by atoms with Gasteiger partial charge in [0.05, 0.1) is 11.9 Å². The number of nitrogens with one attached hydrogen (secondary N) is 2. The molecule has 0 aromatic heterocycles. The van der Waals surface area contributed by atoms with Gasteiger partial charge in [0.1, 0.15) is 4.90 Å². The van der Waals surface area contributed by atoms with E-state index in [-0.39, 0.29) is 6.17 Å². The van der Waals surface area contributed by atoms with Crippen LogP contribution in [0.4, 0.5) is 5.69 Å². The second kappa shape index (κ2) is 5.06. The summed E-state index contributed by atoms with van der Waals surface area (Å²) in [6, 6.07) is 7.00. The van der Waals surface area contributed by atoms with Crippen LogP contribution in [0.3, 0.4) is 0 Å². The van der Waals surface area contributed by atoms with Gasteiger partial charge in [0.25, 0.3) is 0 Å². The zero-order valence-electron chi connectivity index (χ0n) is 9.94. The van der Waals surface area contributed by atoms with Crippen LogP contribution < -0.4 is 10.0 Å². The molecular formula is C12H18N2O2S. The van der Waals surface area contributed by atoms with Crippen molar-refractivity contribution in [3.05, 3.63) is 24.3 Å². The molecule has 94 valence electrons. The average molecular weight is 254 g/mol. The second-order valence-corrected chi connectivity index (χ2v) is 5.99. The smallest absolute Gasteiger partial charge is 0.244 e. The molecule has 0 radical (unpaired) electrons. The van der Waals surface area contributed by atoms with Gasteiger partial charge < -0.3 is 5.32 Å². The lowest BCUT2D eigenvalue weighted by atomic mass is 10.1. The first kappa shape index (κ1) is 12.4. The van der Waals surface area contributed by atoms with E-state index >= 15 is 0 Å². The monoisotopic (exact) mass is 254 g/mol. The molecule has 5 heteroatoms. The van der Waals surface area contributed by atoms with Crippen molar-refractivity contribution in [3.8, 4) is 0 Å². The fourth-order valence-corrected chi connectivity index (χ4v) is 3.37. The Bertz CT molecular complexity index is 485. The minimum absolute atomic E-state index is 0.179. The number of unbranched alkanes of at least 4 members (excludes halogenated alkanes) is 2. The largest absolute Gasteiger partial charge is 0.368 e. The molecule has 1 heterocycles. The molecule has 0 spiro atoms. The van der Waals surface area contributed by atoms with Crippen LogP contribution in [0.25, 0.3) is 0 Å². The van der Waals surface area contributed by atoms with E-state index in [1.807, 2.05) is 6.07 Å². The third-order valence-electron chi connectivity index (χ3n) is 2.90. The molecule has 4 nitrogen and oxygen atoms in total. The third kappa shape index (κ3) is 2.79. The molecule has 0 saturated carbocycles. The van der Waals surface area contributed by atoms with Gasteiger partial charge in [-0.1, -0.05) is 38.3 Å². The number of sulfonamides is 1. The summed E-state index contributed by atoms with van der Waals surface area (Å²) in [4.78, 5) is 0.340. The fraction of sp³-hybridized carbons (Fsp3) is 0.500. The maximum Gasteiger partial charge on any atom is 0.244 e. The summed E-state index contributed by atoms with van der Waals surface area (Å²) in [5.74, 6) is 0. The molecule has 1 unspecified atom stereocenters. The van der Waals surface area contributed by atoms with Gasteiger partial charge in [-0.3, -0.25) is 0 Å². The van der Waals surface area contributed by atoms with Crippen LogP contribution in [0.1, 0.15) is 32.6 Å². The first-order valence-electron chi connectivity index (χ1n) is 6.01. The van der Waals surface area contributed by atoms with Crippen molar-refractivity contribution in [3.63, 3.8) is 0 Å². The van der Waals surface area contributed by atoms with Crippen LogP contribution in [0, 0.1) is 0 Å². The normalized spacial score (nSPS) is 21.6. The van der Waals surface area contributed by atoms with Crippen molar-refractivity contribution in [1.82, 2.24) is 4.72 Å². The molecule has 0 aliphatic carbocycles. The number of hydrogen-bond donors (Lipinski definition) is 2. The van der Waals surface area contributed by atoms with Gasteiger partial charge in [-0.25, -0.2) is 8.42 Å². The zero-order chi connectivity index (χ0) is 12.3. The molecule has 1 aromatic rings. The predicted molar refractivity (Wildman–Crippen MR) is 68.3 cm³/mol. The molecule has 1 aliphatic rings. The van der Waals surface area contributed by atoms with Gasteiger partial charge in [0.15, 0.2) is 0 Å². The molecule has 0 amide bonds. The zero-order valence-corrected chi connectivity index (χ0v) is 10.8. The van der Waals surface area contributed by atoms with Crippen LogP contribution in [-0.2, 0) is 10.0 Å². The van der Waals surface area contributed by atoms with Gasteiger partial charge in [0.2, 0.25) is 10.0 Å². The van der Waals surface area contributed by atoms with E-state index in [0.29, 0.717) is 10.6 Å². The first-order valence-corrected chi connectivity index (χ1v) is 7.49. The summed E-state index contributed by atoms with van der Waals surface area (Å²) < 4.78 is 26.6. The Balaban J connectivity index is 2.14. The number of para-hydroxylation sites is 1. The molecule has 17 heavy (non-hydrogen) atoms. The van der Waals surface area contributed by atoms with Gasteiger partial charge in [0, 0.05) is 0 Å². The van der Waals surface area contributed by atoms with Crippen molar-refractivity contribution >= 4 is 15.7 Å². The summed E-state index contributed by atoms with van der Waals surface area (Å²) in [7, 11) is -3.34. The summed E-state index contributed by atoms with van der Waals surface area (Å²) in [5.41, 5.74) is 0.702. The SMILES string of the molecule is CCCCCC1Nc2ccccc2S(=O)(=O)N1. The minimum atomic E-state index is -3.34. The van der Waals surface area contributed by atoms with Crippen molar-refractivity contribution in [2.24, 2.45) is 0 Å². The fourth-order valence-electron chi connectivity index (χ4n) is 2.02. The Kier molecular flexibility index (Phi) is 3.69. The number of benzene rings is 1. The quantitative estimate of drug-likeness (QED) is 0.811. The Morgan fingerprint density at radius 1 is 1.24 bits per heavy atom. The molecule has 2 rings (SSSR count). The highest BCUT2D eigenvalue weighted by atomic mass is 32.2. The summed E-state index contributed by atoms with van der Waals surface area (Å²) in [5, 5.41) is 3.22. The number of hydrogen-bond acceptors (Lipinski definition) is 3. The van der Waals surface area contributed by atoms with E-state index in [1.165, 1.54) is 0 Å². The molecule has 2 N–H and O–H groups in total. The van der Waals surface area contributed by atoms with E-state index < -0.39 is 10.0 Å². The highest BCUT2D eigenvalue weighted by Crippen LogP contribution is 2.26. The molecule has 1 aliphatic heterocycles. The van der Waals surface area contributed by atoms with Crippen molar-refractivity contribution in [1.29, 1.82) is 0 Å². The Hall–Kier alpha value is -1.07. The first-order chi connectivity index (χ1) is 8.13. The van der Waals surface area contributed by atoms with Crippen molar-refractivity contribution in [2.75, 3.05) is 5.32 Å². The summed E-state index contributed by atoms with van der Waals surface area (Å²) in [6.45, 7) is 2.13. The van der Waals surface area contributed by atoms with Crippen LogP contribution in [0.5, 0.6) is 0 Å². The standard InChI is InChI=1S/C12H18N2O2S/c1-2-3-4-9-12-13-10-7-5-6-8-11(10)17(15,16)14-12/h5-8,12-14H,2-4,9H2,1H3. The molecule has 0 bridgehead atoms. The van der Waals surface area contributed by atoms with Crippen LogP contribution >= 0.6 is 0 Å². The Labute approximate surface area is 102 Å². The van der Waals surface area contributed by atoms with E-state index in [1.54, 1.807) is 18.2 Å². The van der Waals surface area contributed by atoms with Crippen LogP contribution in [0.15, 0.2) is 29.2 Å². The lowest BCUT2D eigenvalue weighted by molar-refractivity contribution is 0.525. The molecule has 0 fully saturated rings. The summed E-state index contributed by atoms with van der Waals surface area (Å²) >= 11 is 0. The molecule has 1 aromatic carbocycles. The molecular weight excluding hydrogens is 236 g/mol. The van der Waals surface area contributed by atoms with E-state index in [9.17, 15) is 8.42 Å². The van der Waals surface area contributed by atoms with Crippen LogP contribution in [0.2, 0.25) is 0 Å². The van der Waals surface area contributed by atoms with E-state index in [4.69, 9.17) is 0 Å². The van der Waals surface area contributed by atoms with Gasteiger partial charge in [-0.05, 0) is 18.6 Å². The maximum atomic E-state index is 12.0. The minimum Gasteiger partial charge on any atom is -0.368 e. The van der Waals surface area contributed by atoms with E-state index in [2.05, 4.69) is 17.0 Å². The molecule has 1 atom stereocenters. The molecule has 0 saturated heterocycles. The lowest BCUT2D eigenvalue weighted by Crippen LogP contribution is -2.44. The lowest BCUT2D eigenvalue weighted by Gasteiger charge is -2.27. The Morgan fingerprint density at radius 3 is 2.76 bits per heavy atom. The van der Waals surface area contributed by atoms with Gasteiger partial charge in [-0.2, -0.15) is 4.72 Å². The van der Waals surface area contributed by atoms with Crippen molar-refractivity contribution < 1.29 is 8.42 Å². The van der Waals surface area contributed by atoms with Gasteiger partial charge in [-0.15, -0.1) is 0 Å². The van der Waals surface area contributed by atoms with Crippen molar-refractivity contribution in [2.45, 2.75) is 43.7 Å². The highest BCUT2D eigenvalue weighted by Gasteiger charge is 2.27. The van der Waals surface area contributed by atoms with Crippen LogP contribution in [-0.4, -0.2) is 14.6 Å². The Morgan fingerprint density at radius 2 is 2.00 bits per heavy atom. The number of rotatable bonds is 4. The predicted octanol–water partition coefficient (Wildman–Crippen LogP) is 2.30. The van der Waals surface area contributed by atoms with E-state index in [0.717, 1.165) is 25.7 Å². The van der Waals surface area contributed by atoms with Gasteiger partial charge >= 0.3 is 0 Å². The maximum absolute atomic E-state index is 12.0. The average Bonchev–Trinajstić information content (AvgIpc) is 2.29. The number of fused-ring (bicyclic) bond motifs is 1.